The maximum Gasteiger partial charge on any atom is 0.407 e. The van der Waals surface area contributed by atoms with E-state index in [0.717, 1.165) is 11.5 Å². The van der Waals surface area contributed by atoms with Crippen LogP contribution in [0.1, 0.15) is 27.7 Å². The van der Waals surface area contributed by atoms with Crippen molar-refractivity contribution in [1.82, 2.24) is 9.34 Å². The molecule has 0 aliphatic heterocycles. The van der Waals surface area contributed by atoms with Crippen LogP contribution < -0.4 is 0 Å². The molecular formula is C14H34N2O6P2S2. The zero-order valence-electron chi connectivity index (χ0n) is 16.7. The lowest BCUT2D eigenvalue weighted by Gasteiger charge is -2.26. The molecule has 0 aromatic heterocycles. The van der Waals surface area contributed by atoms with Gasteiger partial charge in [-0.25, -0.2) is 18.5 Å². The Hall–Kier alpha value is 0.920. The predicted molar refractivity (Wildman–Crippen MR) is 112 cm³/mol. The van der Waals surface area contributed by atoms with Gasteiger partial charge in [-0.2, -0.15) is 0 Å². The minimum atomic E-state index is -3.19. The Bertz CT molecular complexity index is 401. The predicted octanol–water partition coefficient (Wildman–Crippen LogP) is 4.59. The summed E-state index contributed by atoms with van der Waals surface area (Å²) in [4.78, 5) is 0. The van der Waals surface area contributed by atoms with E-state index in [1.165, 1.54) is 0 Å². The van der Waals surface area contributed by atoms with Gasteiger partial charge in [0.05, 0.1) is 26.4 Å². The van der Waals surface area contributed by atoms with Gasteiger partial charge in [-0.05, 0) is 41.8 Å². The van der Waals surface area contributed by atoms with E-state index in [9.17, 15) is 9.13 Å². The highest BCUT2D eigenvalue weighted by Crippen LogP contribution is 2.51. The molecule has 0 unspecified atom stereocenters. The van der Waals surface area contributed by atoms with Crippen LogP contribution in [0.15, 0.2) is 0 Å². The summed E-state index contributed by atoms with van der Waals surface area (Å²) in [5.41, 5.74) is 0. The molecule has 8 nitrogen and oxygen atoms in total. The summed E-state index contributed by atoms with van der Waals surface area (Å²) in [7, 11) is 0.426. The van der Waals surface area contributed by atoms with Crippen molar-refractivity contribution >= 4 is 37.1 Å². The molecule has 0 aliphatic carbocycles. The Morgan fingerprint density at radius 2 is 0.923 bits per heavy atom. The van der Waals surface area contributed by atoms with Crippen molar-refractivity contribution in [2.75, 3.05) is 65.1 Å². The highest BCUT2D eigenvalue weighted by Gasteiger charge is 2.30. The van der Waals surface area contributed by atoms with Gasteiger partial charge < -0.3 is 0 Å². The first-order chi connectivity index (χ1) is 12.3. The molecule has 26 heavy (non-hydrogen) atoms. The van der Waals surface area contributed by atoms with Gasteiger partial charge in [0.15, 0.2) is 0 Å². The molecule has 0 saturated heterocycles. The van der Waals surface area contributed by atoms with Crippen LogP contribution in [0.2, 0.25) is 0 Å². The first kappa shape index (κ1) is 26.9. The number of hydrogen-bond acceptors (Lipinski definition) is 8. The summed E-state index contributed by atoms with van der Waals surface area (Å²) in [5.74, 6) is 1.53. The van der Waals surface area contributed by atoms with Crippen molar-refractivity contribution in [1.29, 1.82) is 0 Å². The average Bonchev–Trinajstić information content (AvgIpc) is 2.58. The molecule has 158 valence electrons. The second kappa shape index (κ2) is 14.9. The largest absolute Gasteiger partial charge is 0.407 e. The van der Waals surface area contributed by atoms with Crippen LogP contribution >= 0.6 is 37.1 Å². The van der Waals surface area contributed by atoms with E-state index >= 15 is 0 Å². The lowest BCUT2D eigenvalue weighted by Crippen LogP contribution is -2.22. The van der Waals surface area contributed by atoms with E-state index < -0.39 is 15.5 Å². The summed E-state index contributed by atoms with van der Waals surface area (Å²) < 4.78 is 49.6. The molecular weight excluding hydrogens is 418 g/mol. The summed E-state index contributed by atoms with van der Waals surface area (Å²) >= 11 is 0. The minimum absolute atomic E-state index is 0.343. The summed E-state index contributed by atoms with van der Waals surface area (Å²) in [6.45, 7) is 9.72. The fourth-order valence-electron chi connectivity index (χ4n) is 1.82. The summed E-state index contributed by atoms with van der Waals surface area (Å²) in [6.07, 6.45) is 0. The molecule has 0 atom stereocenters. The standard InChI is InChI=1S/C14H34N2O6P2S2/c1-7-19-23(17,20-8-2)15(5)11-13-25-26-14-12-16(6)24(18,21-9-3)22-10-4/h7-14H2,1-6H3. The van der Waals surface area contributed by atoms with Gasteiger partial charge in [0.2, 0.25) is 0 Å². The zero-order valence-corrected chi connectivity index (χ0v) is 20.1. The van der Waals surface area contributed by atoms with Crippen molar-refractivity contribution in [3.8, 4) is 0 Å². The van der Waals surface area contributed by atoms with Gasteiger partial charge in [0.25, 0.3) is 0 Å². The first-order valence-electron chi connectivity index (χ1n) is 8.75. The van der Waals surface area contributed by atoms with Crippen LogP contribution in [0.3, 0.4) is 0 Å². The molecule has 0 saturated carbocycles. The van der Waals surface area contributed by atoms with Crippen LogP contribution in [0.5, 0.6) is 0 Å². The third kappa shape index (κ3) is 9.92. The molecule has 0 rings (SSSR count). The molecule has 0 aromatic rings. The number of nitrogens with zero attached hydrogens (tertiary/aromatic N) is 2. The third-order valence-electron chi connectivity index (χ3n) is 3.09. The lowest BCUT2D eigenvalue weighted by molar-refractivity contribution is 0.178. The molecule has 0 aromatic carbocycles. The van der Waals surface area contributed by atoms with Gasteiger partial charge >= 0.3 is 15.5 Å². The molecule has 0 aliphatic rings. The quantitative estimate of drug-likeness (QED) is 0.178. The van der Waals surface area contributed by atoms with Gasteiger partial charge in [-0.1, -0.05) is 21.6 Å². The smallest absolute Gasteiger partial charge is 0.297 e. The lowest BCUT2D eigenvalue weighted by atomic mass is 10.8. The van der Waals surface area contributed by atoms with Crippen molar-refractivity contribution in [2.24, 2.45) is 0 Å². The summed E-state index contributed by atoms with van der Waals surface area (Å²) in [5, 5.41) is 0. The third-order valence-corrected chi connectivity index (χ3v) is 9.86. The Morgan fingerprint density at radius 3 is 1.15 bits per heavy atom. The van der Waals surface area contributed by atoms with Crippen molar-refractivity contribution in [2.45, 2.75) is 27.7 Å². The monoisotopic (exact) mass is 452 g/mol. The van der Waals surface area contributed by atoms with E-state index in [2.05, 4.69) is 0 Å². The van der Waals surface area contributed by atoms with E-state index in [1.807, 2.05) is 0 Å². The minimum Gasteiger partial charge on any atom is -0.297 e. The number of rotatable bonds is 17. The normalized spacial score (nSPS) is 13.1. The maximum atomic E-state index is 12.6. The van der Waals surface area contributed by atoms with E-state index in [1.54, 1.807) is 72.7 Å². The van der Waals surface area contributed by atoms with Gasteiger partial charge in [-0.3, -0.25) is 18.1 Å². The highest BCUT2D eigenvalue weighted by atomic mass is 33.1. The SMILES string of the molecule is CCOP(=O)(OCC)N(C)CCSSCCN(C)P(=O)(OCC)OCC. The van der Waals surface area contributed by atoms with Gasteiger partial charge in [0.1, 0.15) is 0 Å². The average molecular weight is 453 g/mol. The van der Waals surface area contributed by atoms with Crippen molar-refractivity contribution in [3.63, 3.8) is 0 Å². The molecule has 0 bridgehead atoms. The zero-order chi connectivity index (χ0) is 20.1. The van der Waals surface area contributed by atoms with Crippen LogP contribution in [-0.4, -0.2) is 74.5 Å². The Labute approximate surface area is 166 Å². The Balaban J connectivity index is 4.16. The van der Waals surface area contributed by atoms with Gasteiger partial charge in [0, 0.05) is 24.6 Å². The van der Waals surface area contributed by atoms with Crippen LogP contribution in [0.4, 0.5) is 0 Å². The molecule has 0 fully saturated rings. The topological polar surface area (TPSA) is 77.5 Å². The molecule has 0 radical (unpaired) electrons. The highest BCUT2D eigenvalue weighted by molar-refractivity contribution is 8.76. The second-order valence-corrected chi connectivity index (χ2v) is 12.0. The van der Waals surface area contributed by atoms with E-state index in [-0.39, 0.29) is 0 Å². The number of hydrogen-bond donors (Lipinski definition) is 0. The molecule has 0 amide bonds. The summed E-state index contributed by atoms with van der Waals surface area (Å²) in [6, 6.07) is 0. The van der Waals surface area contributed by atoms with E-state index in [0.29, 0.717) is 39.5 Å². The Kier molecular flexibility index (Phi) is 15.4. The fraction of sp³-hybridized carbons (Fsp3) is 1.00. The van der Waals surface area contributed by atoms with Crippen LogP contribution in [0.25, 0.3) is 0 Å². The van der Waals surface area contributed by atoms with Gasteiger partial charge in [-0.15, -0.1) is 0 Å². The van der Waals surface area contributed by atoms with Crippen molar-refractivity contribution < 1.29 is 27.2 Å². The molecule has 0 spiro atoms. The van der Waals surface area contributed by atoms with Crippen LogP contribution in [0, 0.1) is 0 Å². The second-order valence-electron chi connectivity index (χ2n) is 5.01. The fourth-order valence-corrected chi connectivity index (χ4v) is 7.11. The first-order valence-corrected chi connectivity index (χ1v) is 14.2. The Morgan fingerprint density at radius 1 is 0.654 bits per heavy atom. The van der Waals surface area contributed by atoms with Crippen molar-refractivity contribution in [3.05, 3.63) is 0 Å². The molecule has 0 N–H and O–H groups in total. The molecule has 12 heteroatoms. The van der Waals surface area contributed by atoms with E-state index in [4.69, 9.17) is 18.1 Å². The van der Waals surface area contributed by atoms with Crippen LogP contribution in [-0.2, 0) is 27.2 Å². The maximum absolute atomic E-state index is 12.6. The molecule has 0 heterocycles.